The van der Waals surface area contributed by atoms with Crippen molar-refractivity contribution in [2.24, 2.45) is 0 Å². The highest BCUT2D eigenvalue weighted by molar-refractivity contribution is 5.95. The Kier molecular flexibility index (Phi) is 3.54. The molecule has 4 aromatic rings. The minimum atomic E-state index is 0.0195. The van der Waals surface area contributed by atoms with Crippen molar-refractivity contribution >= 4 is 11.4 Å². The number of phenolic OH excluding ortho intramolecular Hbond substituents is 1. The van der Waals surface area contributed by atoms with E-state index in [4.69, 9.17) is 0 Å². The molecule has 122 valence electrons. The van der Waals surface area contributed by atoms with E-state index >= 15 is 0 Å². The zero-order valence-electron chi connectivity index (χ0n) is 13.5. The van der Waals surface area contributed by atoms with Gasteiger partial charge < -0.3 is 5.11 Å². The van der Waals surface area contributed by atoms with E-state index in [9.17, 15) is 9.90 Å². The summed E-state index contributed by atoms with van der Waals surface area (Å²) in [6, 6.07) is 14.4. The summed E-state index contributed by atoms with van der Waals surface area (Å²) in [7, 11) is 0. The molecule has 2 aromatic carbocycles. The van der Waals surface area contributed by atoms with E-state index in [0.717, 1.165) is 22.5 Å². The van der Waals surface area contributed by atoms with Gasteiger partial charge in [-0.2, -0.15) is 0 Å². The van der Waals surface area contributed by atoms with Crippen LogP contribution in [0.5, 0.6) is 5.75 Å². The molecule has 4 rings (SSSR count). The van der Waals surface area contributed by atoms with Crippen LogP contribution in [0.25, 0.3) is 28.2 Å². The fourth-order valence-electron chi connectivity index (χ4n) is 2.81. The summed E-state index contributed by atoms with van der Waals surface area (Å²) in [5.41, 5.74) is 4.70. The van der Waals surface area contributed by atoms with Crippen LogP contribution in [-0.4, -0.2) is 25.3 Å². The topological polar surface area (TPSA) is 67.5 Å². The van der Waals surface area contributed by atoms with Gasteiger partial charge in [-0.1, -0.05) is 30.3 Å². The van der Waals surface area contributed by atoms with E-state index in [0.29, 0.717) is 11.2 Å². The van der Waals surface area contributed by atoms with E-state index in [-0.39, 0.29) is 11.5 Å². The molecule has 0 aliphatic carbocycles. The van der Waals surface area contributed by atoms with Crippen molar-refractivity contribution in [2.75, 3.05) is 0 Å². The molecule has 0 spiro atoms. The predicted molar refractivity (Wildman–Crippen MR) is 95.5 cm³/mol. The second kappa shape index (κ2) is 5.87. The van der Waals surface area contributed by atoms with Gasteiger partial charge in [0.05, 0.1) is 23.8 Å². The van der Waals surface area contributed by atoms with Crippen molar-refractivity contribution in [3.8, 4) is 28.3 Å². The summed E-state index contributed by atoms with van der Waals surface area (Å²) in [6.45, 7) is 1.55. The number of ketones is 1. The van der Waals surface area contributed by atoms with Crippen molar-refractivity contribution in [2.45, 2.75) is 6.92 Å². The van der Waals surface area contributed by atoms with Crippen molar-refractivity contribution in [3.05, 3.63) is 72.7 Å². The summed E-state index contributed by atoms with van der Waals surface area (Å²) in [5, 5.41) is 9.73. The monoisotopic (exact) mass is 329 g/mol. The second-order valence-electron chi connectivity index (χ2n) is 5.83. The average molecular weight is 329 g/mol. The second-order valence-corrected chi connectivity index (χ2v) is 5.83. The third-order valence-corrected chi connectivity index (χ3v) is 4.10. The molecule has 2 aromatic heterocycles. The van der Waals surface area contributed by atoms with Crippen molar-refractivity contribution in [3.63, 3.8) is 0 Å². The molecule has 0 saturated carbocycles. The number of rotatable bonds is 3. The normalized spacial score (nSPS) is 10.9. The fourth-order valence-corrected chi connectivity index (χ4v) is 2.81. The summed E-state index contributed by atoms with van der Waals surface area (Å²) in [6.07, 6.45) is 5.34. The van der Waals surface area contributed by atoms with Gasteiger partial charge in [0.1, 0.15) is 5.75 Å². The van der Waals surface area contributed by atoms with Crippen LogP contribution in [0.1, 0.15) is 17.3 Å². The first-order valence-corrected chi connectivity index (χ1v) is 7.86. The van der Waals surface area contributed by atoms with Gasteiger partial charge in [-0.15, -0.1) is 0 Å². The maximum Gasteiger partial charge on any atom is 0.159 e. The minimum Gasteiger partial charge on any atom is -0.508 e. The fraction of sp³-hybridized carbons (Fsp3) is 0.0500. The highest BCUT2D eigenvalue weighted by Crippen LogP contribution is 2.26. The number of hydrogen-bond donors (Lipinski definition) is 1. The van der Waals surface area contributed by atoms with Gasteiger partial charge in [0.2, 0.25) is 0 Å². The van der Waals surface area contributed by atoms with E-state index in [2.05, 4.69) is 9.97 Å². The molecular weight excluding hydrogens is 314 g/mol. The Bertz CT molecular complexity index is 1100. The molecule has 5 nitrogen and oxygen atoms in total. The minimum absolute atomic E-state index is 0.0195. The van der Waals surface area contributed by atoms with Crippen LogP contribution < -0.4 is 0 Å². The number of carbonyl (C=O) groups is 1. The zero-order chi connectivity index (χ0) is 17.4. The Morgan fingerprint density at radius 1 is 1.00 bits per heavy atom. The maximum atomic E-state index is 11.6. The summed E-state index contributed by atoms with van der Waals surface area (Å²) in [5.74, 6) is 0.224. The standard InChI is InChI=1S/C20H15N3O2/c1-13(24)14-4-2-5-15(8-14)18-12-23-19(10-22-20(23)11-21-18)16-6-3-7-17(25)9-16/h2-12,25H,1H3. The number of carbonyl (C=O) groups excluding carboxylic acids is 1. The molecule has 0 atom stereocenters. The largest absolute Gasteiger partial charge is 0.508 e. The molecule has 5 heteroatoms. The van der Waals surface area contributed by atoms with Gasteiger partial charge in [-0.3, -0.25) is 14.2 Å². The molecule has 0 radical (unpaired) electrons. The molecule has 0 aliphatic rings. The van der Waals surface area contributed by atoms with Crippen molar-refractivity contribution in [1.29, 1.82) is 0 Å². The third-order valence-electron chi connectivity index (χ3n) is 4.10. The van der Waals surface area contributed by atoms with Crippen LogP contribution in [0.2, 0.25) is 0 Å². The van der Waals surface area contributed by atoms with Crippen LogP contribution in [0.4, 0.5) is 0 Å². The first-order valence-electron chi connectivity index (χ1n) is 7.86. The quantitative estimate of drug-likeness (QED) is 0.578. The number of phenols is 1. The van der Waals surface area contributed by atoms with Gasteiger partial charge in [0.25, 0.3) is 0 Å². The maximum absolute atomic E-state index is 11.6. The van der Waals surface area contributed by atoms with Gasteiger partial charge in [-0.05, 0) is 25.1 Å². The van der Waals surface area contributed by atoms with Crippen LogP contribution in [0, 0.1) is 0 Å². The number of fused-ring (bicyclic) bond motifs is 1. The summed E-state index contributed by atoms with van der Waals surface area (Å²) in [4.78, 5) is 20.4. The number of aromatic hydroxyl groups is 1. The lowest BCUT2D eigenvalue weighted by Gasteiger charge is -2.06. The number of hydrogen-bond acceptors (Lipinski definition) is 4. The SMILES string of the molecule is CC(=O)c1cccc(-c2cn3c(-c4cccc(O)c4)cnc3cn2)c1. The van der Waals surface area contributed by atoms with Crippen LogP contribution in [-0.2, 0) is 0 Å². The molecule has 0 unspecified atom stereocenters. The van der Waals surface area contributed by atoms with Gasteiger partial charge in [0.15, 0.2) is 11.4 Å². The lowest BCUT2D eigenvalue weighted by atomic mass is 10.1. The number of benzene rings is 2. The third kappa shape index (κ3) is 2.76. The lowest BCUT2D eigenvalue weighted by Crippen LogP contribution is -1.95. The van der Waals surface area contributed by atoms with E-state index in [1.807, 2.05) is 34.9 Å². The van der Waals surface area contributed by atoms with Gasteiger partial charge in [0, 0.05) is 22.9 Å². The van der Waals surface area contributed by atoms with Crippen LogP contribution >= 0.6 is 0 Å². The first kappa shape index (κ1) is 15.1. The smallest absolute Gasteiger partial charge is 0.159 e. The summed E-state index contributed by atoms with van der Waals surface area (Å²) >= 11 is 0. The van der Waals surface area contributed by atoms with Crippen molar-refractivity contribution in [1.82, 2.24) is 14.4 Å². The number of nitrogens with zero attached hydrogens (tertiary/aromatic N) is 3. The van der Waals surface area contributed by atoms with E-state index in [1.165, 1.54) is 0 Å². The molecule has 0 aliphatic heterocycles. The van der Waals surface area contributed by atoms with Gasteiger partial charge in [-0.25, -0.2) is 4.98 Å². The molecule has 0 fully saturated rings. The lowest BCUT2D eigenvalue weighted by molar-refractivity contribution is 0.101. The molecule has 25 heavy (non-hydrogen) atoms. The van der Waals surface area contributed by atoms with Crippen LogP contribution in [0.3, 0.4) is 0 Å². The molecule has 0 saturated heterocycles. The Labute approximate surface area is 144 Å². The van der Waals surface area contributed by atoms with Crippen LogP contribution in [0.15, 0.2) is 67.1 Å². The molecule has 1 N–H and O–H groups in total. The van der Waals surface area contributed by atoms with E-state index < -0.39 is 0 Å². The summed E-state index contributed by atoms with van der Waals surface area (Å²) < 4.78 is 1.93. The highest BCUT2D eigenvalue weighted by atomic mass is 16.3. The Balaban J connectivity index is 1.86. The molecule has 0 amide bonds. The van der Waals surface area contributed by atoms with Crippen molar-refractivity contribution < 1.29 is 9.90 Å². The zero-order valence-corrected chi connectivity index (χ0v) is 13.5. The highest BCUT2D eigenvalue weighted by Gasteiger charge is 2.10. The Hall–Kier alpha value is -3.47. The van der Waals surface area contributed by atoms with E-state index in [1.54, 1.807) is 43.6 Å². The predicted octanol–water partition coefficient (Wildman–Crippen LogP) is 3.97. The molecule has 2 heterocycles. The van der Waals surface area contributed by atoms with Gasteiger partial charge >= 0.3 is 0 Å². The first-order chi connectivity index (χ1) is 12.1. The number of aromatic nitrogens is 3. The number of Topliss-reactive ketones (excluding diaryl/α,β-unsaturated/α-hetero) is 1. The molecular formula is C20H15N3O2. The average Bonchev–Trinajstić information content (AvgIpc) is 3.05. The Morgan fingerprint density at radius 3 is 2.60 bits per heavy atom. The molecule has 0 bridgehead atoms. The Morgan fingerprint density at radius 2 is 1.80 bits per heavy atom. The number of imidazole rings is 1.